The maximum Gasteiger partial charge on any atom is 0.308 e. The van der Waals surface area contributed by atoms with Gasteiger partial charge in [-0.05, 0) is 157 Å². The minimum Gasteiger partial charge on any atom is -0.497 e. The molecule has 0 bridgehead atoms. The molecule has 6 aromatic carbocycles. The van der Waals surface area contributed by atoms with Crippen LogP contribution >= 0.6 is 0 Å². The summed E-state index contributed by atoms with van der Waals surface area (Å²) in [5.74, 6) is 1.16. The van der Waals surface area contributed by atoms with E-state index in [4.69, 9.17) is 9.47 Å². The number of rotatable bonds is 13. The Morgan fingerprint density at radius 2 is 0.961 bits per heavy atom. The van der Waals surface area contributed by atoms with Crippen molar-refractivity contribution < 1.29 is 14.3 Å². The molecule has 6 aromatic rings. The molecule has 0 aromatic heterocycles. The van der Waals surface area contributed by atoms with Crippen LogP contribution < -0.4 is 14.4 Å². The highest BCUT2D eigenvalue weighted by Gasteiger charge is 2.16. The van der Waals surface area contributed by atoms with E-state index in [9.17, 15) is 4.79 Å². The molecular weight excluding hydrogens is 627 g/mol. The number of esters is 1. The molecule has 0 atom stereocenters. The van der Waals surface area contributed by atoms with E-state index in [2.05, 4.69) is 123 Å². The molecule has 0 saturated carbocycles. The number of nitrogens with zero attached hydrogens (tertiary/aromatic N) is 1. The van der Waals surface area contributed by atoms with E-state index >= 15 is 0 Å². The molecule has 51 heavy (non-hydrogen) atoms. The molecule has 4 nitrogen and oxygen atoms in total. The second-order valence-corrected chi connectivity index (χ2v) is 13.2. The van der Waals surface area contributed by atoms with Crippen LogP contribution in [0.4, 0.5) is 17.1 Å². The van der Waals surface area contributed by atoms with Crippen LogP contribution in [-0.2, 0) is 36.9 Å². The molecule has 0 aliphatic heterocycles. The van der Waals surface area contributed by atoms with Crippen molar-refractivity contribution in [2.75, 3.05) is 12.0 Å². The lowest BCUT2D eigenvalue weighted by Crippen LogP contribution is -2.11. The molecule has 0 N–H and O–H groups in total. The van der Waals surface area contributed by atoms with E-state index in [0.29, 0.717) is 5.75 Å². The highest BCUT2D eigenvalue weighted by molar-refractivity contribution is 5.79. The SMILES string of the molecule is CCc1ccc(-c2ccc(N(c3ccc(CCc4ccc(OC)cc4)c(C)c3)c3ccc(CCc4ccc(OC(C)=O)cc4)c(C)c3)cc2)cc1. The summed E-state index contributed by atoms with van der Waals surface area (Å²) in [5, 5.41) is 0. The Morgan fingerprint density at radius 3 is 1.39 bits per heavy atom. The largest absolute Gasteiger partial charge is 0.497 e. The summed E-state index contributed by atoms with van der Waals surface area (Å²) in [4.78, 5) is 13.7. The number of hydrogen-bond donors (Lipinski definition) is 0. The van der Waals surface area contributed by atoms with Crippen LogP contribution in [0.15, 0.2) is 133 Å². The van der Waals surface area contributed by atoms with Crippen molar-refractivity contribution in [2.24, 2.45) is 0 Å². The number of anilines is 3. The van der Waals surface area contributed by atoms with E-state index in [1.807, 2.05) is 36.4 Å². The average molecular weight is 674 g/mol. The highest BCUT2D eigenvalue weighted by atomic mass is 16.5. The van der Waals surface area contributed by atoms with Crippen LogP contribution in [0, 0.1) is 13.8 Å². The zero-order chi connectivity index (χ0) is 35.7. The highest BCUT2D eigenvalue weighted by Crippen LogP contribution is 2.38. The molecule has 0 aliphatic rings. The van der Waals surface area contributed by atoms with E-state index in [1.54, 1.807) is 7.11 Å². The third kappa shape index (κ3) is 8.95. The quantitative estimate of drug-likeness (QED) is 0.0903. The number of hydrogen-bond acceptors (Lipinski definition) is 4. The van der Waals surface area contributed by atoms with Gasteiger partial charge in [0, 0.05) is 24.0 Å². The third-order valence-corrected chi connectivity index (χ3v) is 9.70. The number of methoxy groups -OCH3 is 1. The molecule has 0 amide bonds. The third-order valence-electron chi connectivity index (χ3n) is 9.70. The summed E-state index contributed by atoms with van der Waals surface area (Å²) in [7, 11) is 1.70. The smallest absolute Gasteiger partial charge is 0.308 e. The van der Waals surface area contributed by atoms with Crippen LogP contribution in [0.3, 0.4) is 0 Å². The Balaban J connectivity index is 1.26. The molecule has 258 valence electrons. The van der Waals surface area contributed by atoms with Gasteiger partial charge in [0.15, 0.2) is 0 Å². The topological polar surface area (TPSA) is 38.8 Å². The monoisotopic (exact) mass is 673 g/mol. The van der Waals surface area contributed by atoms with Crippen LogP contribution in [0.5, 0.6) is 11.5 Å². The maximum atomic E-state index is 11.3. The van der Waals surface area contributed by atoms with Crippen molar-refractivity contribution >= 4 is 23.0 Å². The Morgan fingerprint density at radius 1 is 0.529 bits per heavy atom. The van der Waals surface area contributed by atoms with Crippen LogP contribution in [0.1, 0.15) is 52.8 Å². The van der Waals surface area contributed by atoms with Gasteiger partial charge in [0.2, 0.25) is 0 Å². The Hall–Kier alpha value is -5.61. The second-order valence-electron chi connectivity index (χ2n) is 13.2. The zero-order valence-electron chi connectivity index (χ0n) is 30.4. The van der Waals surface area contributed by atoms with Gasteiger partial charge in [0.25, 0.3) is 0 Å². The minimum absolute atomic E-state index is 0.305. The fraction of sp³-hybridized carbons (Fsp3) is 0.213. The Kier molecular flexibility index (Phi) is 11.3. The lowest BCUT2D eigenvalue weighted by Gasteiger charge is -2.27. The first-order valence-corrected chi connectivity index (χ1v) is 17.9. The fourth-order valence-corrected chi connectivity index (χ4v) is 6.62. The van der Waals surface area contributed by atoms with Crippen molar-refractivity contribution in [1.82, 2.24) is 0 Å². The summed E-state index contributed by atoms with van der Waals surface area (Å²) in [5.41, 5.74) is 14.9. The molecular formula is C47H47NO3. The van der Waals surface area contributed by atoms with Gasteiger partial charge in [0.05, 0.1) is 7.11 Å². The van der Waals surface area contributed by atoms with E-state index in [1.165, 1.54) is 57.0 Å². The van der Waals surface area contributed by atoms with Gasteiger partial charge < -0.3 is 14.4 Å². The predicted octanol–water partition coefficient (Wildman–Crippen LogP) is 11.5. The normalized spacial score (nSPS) is 10.9. The van der Waals surface area contributed by atoms with Gasteiger partial charge in [-0.15, -0.1) is 0 Å². The van der Waals surface area contributed by atoms with Crippen molar-refractivity contribution in [3.63, 3.8) is 0 Å². The molecule has 0 saturated heterocycles. The molecule has 6 rings (SSSR count). The molecule has 0 heterocycles. The number of carbonyl (C=O) groups is 1. The first-order valence-electron chi connectivity index (χ1n) is 17.9. The lowest BCUT2D eigenvalue weighted by molar-refractivity contribution is -0.131. The molecule has 0 radical (unpaired) electrons. The van der Waals surface area contributed by atoms with E-state index in [-0.39, 0.29) is 5.97 Å². The van der Waals surface area contributed by atoms with E-state index < -0.39 is 0 Å². The molecule has 4 heteroatoms. The van der Waals surface area contributed by atoms with Gasteiger partial charge in [0.1, 0.15) is 11.5 Å². The standard InChI is InChI=1S/C47H47NO3/c1-6-36-7-17-41(18-8-36)42-21-23-43(24-22-42)48(44-25-19-39(33(2)31-44)15-9-37-11-27-46(50-5)28-12-37)45-26-20-40(34(3)32-45)16-10-38-13-29-47(30-14-38)51-35(4)49/h7-8,11-14,17-32H,6,9-10,15-16H2,1-5H3. The molecule has 0 unspecified atom stereocenters. The van der Waals surface area contributed by atoms with E-state index in [0.717, 1.165) is 54.9 Å². The Labute approximate surface area is 303 Å². The summed E-state index contributed by atoms with van der Waals surface area (Å²) in [6.07, 6.45) is 4.82. The van der Waals surface area contributed by atoms with Crippen LogP contribution in [0.2, 0.25) is 0 Å². The summed E-state index contributed by atoms with van der Waals surface area (Å²) in [6, 6.07) is 47.7. The zero-order valence-corrected chi connectivity index (χ0v) is 30.4. The minimum atomic E-state index is -0.305. The van der Waals surface area contributed by atoms with Crippen molar-refractivity contribution in [3.05, 3.63) is 172 Å². The first-order chi connectivity index (χ1) is 24.8. The van der Waals surface area contributed by atoms with Crippen LogP contribution in [0.25, 0.3) is 11.1 Å². The van der Waals surface area contributed by atoms with Crippen molar-refractivity contribution in [3.8, 4) is 22.6 Å². The predicted molar refractivity (Wildman–Crippen MR) is 211 cm³/mol. The van der Waals surface area contributed by atoms with Crippen LogP contribution in [-0.4, -0.2) is 13.1 Å². The van der Waals surface area contributed by atoms with Gasteiger partial charge in [-0.25, -0.2) is 0 Å². The van der Waals surface area contributed by atoms with Gasteiger partial charge >= 0.3 is 5.97 Å². The lowest BCUT2D eigenvalue weighted by atomic mass is 9.98. The number of benzene rings is 6. The Bertz CT molecular complexity index is 2060. The summed E-state index contributed by atoms with van der Waals surface area (Å²) < 4.78 is 10.5. The van der Waals surface area contributed by atoms with Crippen molar-refractivity contribution in [1.29, 1.82) is 0 Å². The maximum absolute atomic E-state index is 11.3. The van der Waals surface area contributed by atoms with Gasteiger partial charge in [-0.1, -0.05) is 79.7 Å². The summed E-state index contributed by atoms with van der Waals surface area (Å²) >= 11 is 0. The van der Waals surface area contributed by atoms with Crippen molar-refractivity contribution in [2.45, 2.75) is 59.8 Å². The van der Waals surface area contributed by atoms with Gasteiger partial charge in [-0.3, -0.25) is 4.79 Å². The fourth-order valence-electron chi connectivity index (χ4n) is 6.62. The molecule has 0 spiro atoms. The molecule has 0 aliphatic carbocycles. The molecule has 0 fully saturated rings. The first kappa shape index (κ1) is 35.2. The second kappa shape index (κ2) is 16.4. The average Bonchev–Trinajstić information content (AvgIpc) is 3.15. The van der Waals surface area contributed by atoms with Gasteiger partial charge in [-0.2, -0.15) is 0 Å². The summed E-state index contributed by atoms with van der Waals surface area (Å²) in [6.45, 7) is 8.04. The number of aryl methyl sites for hydroxylation is 7. The number of carbonyl (C=O) groups excluding carboxylic acids is 1. The number of ether oxygens (including phenoxy) is 2.